The van der Waals surface area contributed by atoms with Crippen molar-refractivity contribution in [2.24, 2.45) is 0 Å². The number of Topliss-reactive ketones (excluding diaryl/α,β-unsaturated/α-hetero) is 1. The summed E-state index contributed by atoms with van der Waals surface area (Å²) in [6.07, 6.45) is 3.81. The van der Waals surface area contributed by atoms with E-state index in [1.807, 2.05) is 25.3 Å². The number of benzene rings is 2. The largest absolute Gasteiger partial charge is 0.493 e. The number of fused-ring (bicyclic) bond motifs is 1. The van der Waals surface area contributed by atoms with E-state index in [1.54, 1.807) is 19.1 Å². The Morgan fingerprint density at radius 3 is 2.26 bits per heavy atom. The highest BCUT2D eigenvalue weighted by atomic mass is 16.5. The lowest BCUT2D eigenvalue weighted by Gasteiger charge is -2.13. The third-order valence-electron chi connectivity index (χ3n) is 4.53. The molecule has 0 atom stereocenters. The molecular formula is C22H23NO4. The number of nitrogens with one attached hydrogen (secondary N) is 1. The van der Waals surface area contributed by atoms with Crippen molar-refractivity contribution in [2.45, 2.75) is 13.8 Å². The molecule has 0 spiro atoms. The normalized spacial score (nSPS) is 11.5. The average Bonchev–Trinajstić information content (AvgIpc) is 3.07. The Labute approximate surface area is 158 Å². The molecule has 0 saturated heterocycles. The zero-order chi connectivity index (χ0) is 19.6. The van der Waals surface area contributed by atoms with Crippen LogP contribution in [0.1, 0.15) is 28.4 Å². The number of hydrogen-bond donors (Lipinski definition) is 1. The summed E-state index contributed by atoms with van der Waals surface area (Å²) in [6.45, 7) is 3.86. The van der Waals surface area contributed by atoms with Gasteiger partial charge in [0.2, 0.25) is 5.75 Å². The molecule has 3 aromatic rings. The van der Waals surface area contributed by atoms with E-state index in [2.05, 4.69) is 17.1 Å². The Hall–Kier alpha value is -3.21. The number of ether oxygens (including phenoxy) is 3. The number of rotatable bonds is 6. The molecule has 0 radical (unpaired) electrons. The molecule has 5 heteroatoms. The average molecular weight is 365 g/mol. The molecule has 1 N–H and O–H groups in total. The quantitative estimate of drug-likeness (QED) is 0.504. The van der Waals surface area contributed by atoms with E-state index in [1.165, 1.54) is 26.9 Å². The third kappa shape index (κ3) is 3.53. The van der Waals surface area contributed by atoms with Crippen LogP contribution in [-0.2, 0) is 0 Å². The minimum atomic E-state index is -0.101. The van der Waals surface area contributed by atoms with Gasteiger partial charge in [-0.2, -0.15) is 0 Å². The first-order valence-electron chi connectivity index (χ1n) is 8.59. The number of carbonyl (C=O) groups excluding carboxylic acids is 1. The van der Waals surface area contributed by atoms with Crippen LogP contribution in [0.5, 0.6) is 17.2 Å². The minimum absolute atomic E-state index is 0.101. The number of aryl methyl sites for hydroxylation is 1. The first-order chi connectivity index (χ1) is 13.0. The minimum Gasteiger partial charge on any atom is -0.493 e. The topological polar surface area (TPSA) is 60.6 Å². The zero-order valence-corrected chi connectivity index (χ0v) is 16.2. The van der Waals surface area contributed by atoms with Crippen LogP contribution in [0.3, 0.4) is 0 Å². The second-order valence-electron chi connectivity index (χ2n) is 6.36. The van der Waals surface area contributed by atoms with Gasteiger partial charge in [-0.05, 0) is 49.8 Å². The van der Waals surface area contributed by atoms with Gasteiger partial charge in [0, 0.05) is 28.2 Å². The van der Waals surface area contributed by atoms with Gasteiger partial charge < -0.3 is 19.2 Å². The summed E-state index contributed by atoms with van der Waals surface area (Å²) in [5.41, 5.74) is 4.29. The van der Waals surface area contributed by atoms with E-state index >= 15 is 0 Å². The molecule has 2 aromatic carbocycles. The van der Waals surface area contributed by atoms with Crippen LogP contribution in [0.2, 0.25) is 0 Å². The summed E-state index contributed by atoms with van der Waals surface area (Å²) in [5.74, 6) is 1.27. The Balaban J connectivity index is 2.02. The number of H-pyrrole nitrogens is 1. The second-order valence-corrected chi connectivity index (χ2v) is 6.36. The zero-order valence-electron chi connectivity index (χ0n) is 16.2. The predicted octanol–water partition coefficient (Wildman–Crippen LogP) is 4.79. The van der Waals surface area contributed by atoms with Gasteiger partial charge in [0.25, 0.3) is 0 Å². The Morgan fingerprint density at radius 1 is 1.00 bits per heavy atom. The molecule has 0 amide bonds. The standard InChI is InChI=1S/C22H23NO4/c1-13-6-7-18-17(8-13)16(12-23-18)9-14(2)21(24)15-10-19(25-3)22(27-5)20(11-15)26-4/h6-12,23H,1-5H3/b14-9+. The maximum absolute atomic E-state index is 13.0. The lowest BCUT2D eigenvalue weighted by molar-refractivity contribution is 0.103. The second kappa shape index (κ2) is 7.58. The van der Waals surface area contributed by atoms with Crippen LogP contribution in [0.25, 0.3) is 17.0 Å². The molecule has 27 heavy (non-hydrogen) atoms. The first-order valence-corrected chi connectivity index (χ1v) is 8.59. The fourth-order valence-electron chi connectivity index (χ4n) is 3.11. The molecule has 140 valence electrons. The van der Waals surface area contributed by atoms with Crippen LogP contribution in [0, 0.1) is 6.92 Å². The van der Waals surface area contributed by atoms with Crippen molar-refractivity contribution in [1.82, 2.24) is 4.98 Å². The molecule has 0 aliphatic rings. The molecule has 0 bridgehead atoms. The van der Waals surface area contributed by atoms with Crippen LogP contribution >= 0.6 is 0 Å². The molecule has 0 aliphatic heterocycles. The van der Waals surface area contributed by atoms with E-state index in [-0.39, 0.29) is 5.78 Å². The summed E-state index contributed by atoms with van der Waals surface area (Å²) < 4.78 is 16.0. The number of hydrogen-bond acceptors (Lipinski definition) is 4. The Bertz CT molecular complexity index is 1000. The van der Waals surface area contributed by atoms with Crippen molar-refractivity contribution < 1.29 is 19.0 Å². The van der Waals surface area contributed by atoms with E-state index < -0.39 is 0 Å². The van der Waals surface area contributed by atoms with Crippen LogP contribution in [-0.4, -0.2) is 32.1 Å². The summed E-state index contributed by atoms with van der Waals surface area (Å²) in [5, 5.41) is 1.09. The number of methoxy groups -OCH3 is 3. The first kappa shape index (κ1) is 18.6. The van der Waals surface area contributed by atoms with Gasteiger partial charge in [-0.3, -0.25) is 4.79 Å². The Morgan fingerprint density at radius 2 is 1.67 bits per heavy atom. The summed E-state index contributed by atoms with van der Waals surface area (Å²) >= 11 is 0. The van der Waals surface area contributed by atoms with Crippen LogP contribution in [0.15, 0.2) is 42.1 Å². The number of allylic oxidation sites excluding steroid dienone is 1. The maximum Gasteiger partial charge on any atom is 0.203 e. The van der Waals surface area contributed by atoms with Crippen molar-refractivity contribution in [3.05, 3.63) is 58.8 Å². The van der Waals surface area contributed by atoms with Crippen molar-refractivity contribution in [3.8, 4) is 17.2 Å². The van der Waals surface area contributed by atoms with Gasteiger partial charge in [-0.1, -0.05) is 11.6 Å². The molecule has 0 fully saturated rings. The molecule has 0 aliphatic carbocycles. The van der Waals surface area contributed by atoms with Gasteiger partial charge in [0.1, 0.15) is 0 Å². The Kier molecular flexibility index (Phi) is 5.21. The van der Waals surface area contributed by atoms with Gasteiger partial charge in [0.15, 0.2) is 17.3 Å². The highest BCUT2D eigenvalue weighted by Gasteiger charge is 2.18. The van der Waals surface area contributed by atoms with Crippen LogP contribution < -0.4 is 14.2 Å². The van der Waals surface area contributed by atoms with E-state index in [0.717, 1.165) is 16.5 Å². The number of aromatic nitrogens is 1. The van der Waals surface area contributed by atoms with Crippen molar-refractivity contribution >= 4 is 22.8 Å². The van der Waals surface area contributed by atoms with Gasteiger partial charge in [0.05, 0.1) is 21.3 Å². The number of ketones is 1. The molecular weight excluding hydrogens is 342 g/mol. The molecule has 0 unspecified atom stereocenters. The highest BCUT2D eigenvalue weighted by Crippen LogP contribution is 2.38. The van der Waals surface area contributed by atoms with Gasteiger partial charge in [-0.25, -0.2) is 0 Å². The monoisotopic (exact) mass is 365 g/mol. The van der Waals surface area contributed by atoms with E-state index in [9.17, 15) is 4.79 Å². The maximum atomic E-state index is 13.0. The molecule has 5 nitrogen and oxygen atoms in total. The lowest BCUT2D eigenvalue weighted by atomic mass is 10.0. The smallest absolute Gasteiger partial charge is 0.203 e. The number of carbonyl (C=O) groups is 1. The lowest BCUT2D eigenvalue weighted by Crippen LogP contribution is -2.03. The SMILES string of the molecule is COc1cc(C(=O)/C(C)=C/c2c[nH]c3ccc(C)cc23)cc(OC)c1OC. The van der Waals surface area contributed by atoms with Crippen molar-refractivity contribution in [3.63, 3.8) is 0 Å². The molecule has 1 heterocycles. The van der Waals surface area contributed by atoms with Crippen molar-refractivity contribution in [2.75, 3.05) is 21.3 Å². The predicted molar refractivity (Wildman–Crippen MR) is 107 cm³/mol. The molecule has 3 rings (SSSR count). The van der Waals surface area contributed by atoms with Gasteiger partial charge in [-0.15, -0.1) is 0 Å². The van der Waals surface area contributed by atoms with Crippen LogP contribution in [0.4, 0.5) is 0 Å². The van der Waals surface area contributed by atoms with Gasteiger partial charge >= 0.3 is 0 Å². The molecule has 1 aromatic heterocycles. The van der Waals surface area contributed by atoms with E-state index in [0.29, 0.717) is 28.4 Å². The third-order valence-corrected chi connectivity index (χ3v) is 4.53. The fraction of sp³-hybridized carbons (Fsp3) is 0.227. The summed E-state index contributed by atoms with van der Waals surface area (Å²) in [4.78, 5) is 16.2. The summed E-state index contributed by atoms with van der Waals surface area (Å²) in [6, 6.07) is 9.54. The van der Waals surface area contributed by atoms with Crippen molar-refractivity contribution in [1.29, 1.82) is 0 Å². The highest BCUT2D eigenvalue weighted by molar-refractivity contribution is 6.12. The number of aromatic amines is 1. The van der Waals surface area contributed by atoms with E-state index in [4.69, 9.17) is 14.2 Å². The molecule has 0 saturated carbocycles. The fourth-order valence-corrected chi connectivity index (χ4v) is 3.11. The summed E-state index contributed by atoms with van der Waals surface area (Å²) in [7, 11) is 4.59.